The number of rotatable bonds is 5. The quantitative estimate of drug-likeness (QED) is 0.791. The third-order valence-electron chi connectivity index (χ3n) is 2.77. The van der Waals surface area contributed by atoms with Crippen LogP contribution in [0.3, 0.4) is 0 Å². The second-order valence-electron chi connectivity index (χ2n) is 4.22. The zero-order valence-corrected chi connectivity index (χ0v) is 12.4. The van der Waals surface area contributed by atoms with Gasteiger partial charge in [0.15, 0.2) is 0 Å². The van der Waals surface area contributed by atoms with Crippen LogP contribution in [0.2, 0.25) is 5.02 Å². The molecule has 0 fully saturated rings. The van der Waals surface area contributed by atoms with Crippen LogP contribution in [-0.2, 0) is 22.4 Å². The first-order chi connectivity index (χ1) is 9.58. The van der Waals surface area contributed by atoms with E-state index in [9.17, 15) is 9.18 Å². The first-order valence-electron chi connectivity index (χ1n) is 6.02. The summed E-state index contributed by atoms with van der Waals surface area (Å²) in [6.45, 7) is 0. The largest absolute Gasteiger partial charge is 0.469 e. The molecule has 1 aromatic heterocycles. The van der Waals surface area contributed by atoms with Crippen LogP contribution in [0.5, 0.6) is 0 Å². The van der Waals surface area contributed by atoms with E-state index in [1.807, 2.05) is 5.38 Å². The Bertz CT molecular complexity index is 615. The van der Waals surface area contributed by atoms with Crippen LogP contribution in [0.1, 0.15) is 22.7 Å². The highest BCUT2D eigenvalue weighted by atomic mass is 35.5. The van der Waals surface area contributed by atoms with Crippen LogP contribution in [0.25, 0.3) is 0 Å². The van der Waals surface area contributed by atoms with E-state index < -0.39 is 0 Å². The van der Waals surface area contributed by atoms with E-state index in [1.54, 1.807) is 6.07 Å². The Labute approximate surface area is 125 Å². The molecule has 106 valence electrons. The zero-order valence-electron chi connectivity index (χ0n) is 10.9. The zero-order chi connectivity index (χ0) is 14.5. The molecule has 3 nitrogen and oxygen atoms in total. The van der Waals surface area contributed by atoms with Crippen molar-refractivity contribution in [2.75, 3.05) is 7.11 Å². The molecule has 0 saturated carbocycles. The van der Waals surface area contributed by atoms with Crippen molar-refractivity contribution < 1.29 is 13.9 Å². The molecule has 6 heteroatoms. The van der Waals surface area contributed by atoms with Gasteiger partial charge >= 0.3 is 5.97 Å². The molecule has 2 rings (SSSR count). The molecule has 0 aliphatic rings. The van der Waals surface area contributed by atoms with Crippen molar-refractivity contribution in [1.82, 2.24) is 4.98 Å². The predicted octanol–water partition coefficient (Wildman–Crippen LogP) is 3.63. The summed E-state index contributed by atoms with van der Waals surface area (Å²) in [5, 5.41) is 3.20. The number of aryl methyl sites for hydroxylation is 1. The SMILES string of the molecule is COC(=O)CCc1csc(Cc2ccc(F)cc2Cl)n1. The molecular weight excluding hydrogens is 301 g/mol. The van der Waals surface area contributed by atoms with Crippen LogP contribution in [0.15, 0.2) is 23.6 Å². The second-order valence-corrected chi connectivity index (χ2v) is 5.57. The van der Waals surface area contributed by atoms with Gasteiger partial charge in [-0.25, -0.2) is 9.37 Å². The lowest BCUT2D eigenvalue weighted by atomic mass is 10.1. The molecule has 20 heavy (non-hydrogen) atoms. The van der Waals surface area contributed by atoms with E-state index in [1.165, 1.54) is 30.6 Å². The summed E-state index contributed by atoms with van der Waals surface area (Å²) in [6, 6.07) is 4.34. The van der Waals surface area contributed by atoms with E-state index in [4.69, 9.17) is 11.6 Å². The lowest BCUT2D eigenvalue weighted by Gasteiger charge is -2.01. The van der Waals surface area contributed by atoms with Gasteiger partial charge in [0.1, 0.15) is 5.82 Å². The van der Waals surface area contributed by atoms with Crippen molar-refractivity contribution in [3.63, 3.8) is 0 Å². The van der Waals surface area contributed by atoms with Crippen LogP contribution >= 0.6 is 22.9 Å². The Kier molecular flexibility index (Phi) is 5.09. The van der Waals surface area contributed by atoms with Gasteiger partial charge in [-0.05, 0) is 17.7 Å². The van der Waals surface area contributed by atoms with Gasteiger partial charge in [0, 0.05) is 23.2 Å². The summed E-state index contributed by atoms with van der Waals surface area (Å²) in [6.07, 6.45) is 1.43. The molecule has 0 amide bonds. The number of carbonyl (C=O) groups is 1. The van der Waals surface area contributed by atoms with Crippen molar-refractivity contribution in [1.29, 1.82) is 0 Å². The Morgan fingerprint density at radius 1 is 1.50 bits per heavy atom. The lowest BCUT2D eigenvalue weighted by Crippen LogP contribution is -2.02. The van der Waals surface area contributed by atoms with E-state index in [-0.39, 0.29) is 11.8 Å². The number of methoxy groups -OCH3 is 1. The first kappa shape index (κ1) is 14.9. The maximum absolute atomic E-state index is 13.0. The van der Waals surface area contributed by atoms with Gasteiger partial charge in [0.25, 0.3) is 0 Å². The third kappa shape index (κ3) is 4.02. The first-order valence-corrected chi connectivity index (χ1v) is 7.28. The molecule has 0 aliphatic heterocycles. The molecule has 0 radical (unpaired) electrons. The van der Waals surface area contributed by atoms with Crippen molar-refractivity contribution >= 4 is 28.9 Å². The summed E-state index contributed by atoms with van der Waals surface area (Å²) in [5.41, 5.74) is 1.69. The molecule has 1 aromatic carbocycles. The monoisotopic (exact) mass is 313 g/mol. The van der Waals surface area contributed by atoms with Gasteiger partial charge < -0.3 is 4.74 Å². The number of thiazole rings is 1. The fourth-order valence-corrected chi connectivity index (χ4v) is 2.79. The number of aromatic nitrogens is 1. The molecule has 0 N–H and O–H groups in total. The second kappa shape index (κ2) is 6.81. The highest BCUT2D eigenvalue weighted by molar-refractivity contribution is 7.09. The molecule has 1 heterocycles. The number of nitrogens with zero attached hydrogens (tertiary/aromatic N) is 1. The van der Waals surface area contributed by atoms with Crippen LogP contribution < -0.4 is 0 Å². The number of benzene rings is 1. The normalized spacial score (nSPS) is 10.6. The van der Waals surface area contributed by atoms with Crippen LogP contribution in [0.4, 0.5) is 4.39 Å². The predicted molar refractivity (Wildman–Crippen MR) is 76.7 cm³/mol. The van der Waals surface area contributed by atoms with E-state index in [0.717, 1.165) is 16.3 Å². The number of ether oxygens (including phenoxy) is 1. The van der Waals surface area contributed by atoms with Gasteiger partial charge in [-0.1, -0.05) is 17.7 Å². The van der Waals surface area contributed by atoms with Gasteiger partial charge in [-0.15, -0.1) is 11.3 Å². The summed E-state index contributed by atoms with van der Waals surface area (Å²) < 4.78 is 17.5. The number of hydrogen-bond acceptors (Lipinski definition) is 4. The Balaban J connectivity index is 2.00. The minimum absolute atomic E-state index is 0.249. The minimum atomic E-state index is -0.350. The van der Waals surface area contributed by atoms with Crippen molar-refractivity contribution in [2.24, 2.45) is 0 Å². The summed E-state index contributed by atoms with van der Waals surface area (Å²) in [7, 11) is 1.37. The topological polar surface area (TPSA) is 39.2 Å². The Morgan fingerprint density at radius 2 is 2.30 bits per heavy atom. The summed E-state index contributed by atoms with van der Waals surface area (Å²) in [4.78, 5) is 15.5. The fourth-order valence-electron chi connectivity index (χ4n) is 1.71. The molecule has 0 atom stereocenters. The van der Waals surface area contributed by atoms with Crippen LogP contribution in [-0.4, -0.2) is 18.1 Å². The van der Waals surface area contributed by atoms with E-state index >= 15 is 0 Å². The molecule has 0 unspecified atom stereocenters. The molecule has 0 saturated heterocycles. The number of esters is 1. The number of halogens is 2. The maximum Gasteiger partial charge on any atom is 0.305 e. The smallest absolute Gasteiger partial charge is 0.305 e. The lowest BCUT2D eigenvalue weighted by molar-refractivity contribution is -0.140. The molecule has 0 bridgehead atoms. The number of carbonyl (C=O) groups excluding carboxylic acids is 1. The molecular formula is C14H13ClFNO2S. The average molecular weight is 314 g/mol. The standard InChI is InChI=1S/C14H13ClFNO2S/c1-19-14(18)5-4-11-8-20-13(17-11)6-9-2-3-10(16)7-12(9)15/h2-3,7-8H,4-6H2,1H3. The van der Waals surface area contributed by atoms with Gasteiger partial charge in [0.05, 0.1) is 24.2 Å². The number of hydrogen-bond donors (Lipinski definition) is 0. The molecule has 0 aliphatic carbocycles. The highest BCUT2D eigenvalue weighted by Crippen LogP contribution is 2.22. The third-order valence-corrected chi connectivity index (χ3v) is 4.02. The molecule has 0 spiro atoms. The van der Waals surface area contributed by atoms with Crippen molar-refractivity contribution in [2.45, 2.75) is 19.3 Å². The Morgan fingerprint density at radius 3 is 3.00 bits per heavy atom. The minimum Gasteiger partial charge on any atom is -0.469 e. The maximum atomic E-state index is 13.0. The summed E-state index contributed by atoms with van der Waals surface area (Å²) >= 11 is 7.48. The highest BCUT2D eigenvalue weighted by Gasteiger charge is 2.08. The van der Waals surface area contributed by atoms with E-state index in [0.29, 0.717) is 24.3 Å². The van der Waals surface area contributed by atoms with Crippen molar-refractivity contribution in [3.05, 3.63) is 50.7 Å². The average Bonchev–Trinajstić information content (AvgIpc) is 2.87. The Hall–Kier alpha value is -1.46. The van der Waals surface area contributed by atoms with Crippen molar-refractivity contribution in [3.8, 4) is 0 Å². The van der Waals surface area contributed by atoms with Crippen LogP contribution in [0, 0.1) is 5.82 Å². The molecule has 2 aromatic rings. The van der Waals surface area contributed by atoms with Gasteiger partial charge in [-0.2, -0.15) is 0 Å². The van der Waals surface area contributed by atoms with Gasteiger partial charge in [-0.3, -0.25) is 4.79 Å². The summed E-state index contributed by atoms with van der Waals surface area (Å²) in [5.74, 6) is -0.599. The van der Waals surface area contributed by atoms with E-state index in [2.05, 4.69) is 9.72 Å². The fraction of sp³-hybridized carbons (Fsp3) is 0.286. The van der Waals surface area contributed by atoms with Gasteiger partial charge in [0.2, 0.25) is 0 Å².